The maximum Gasteiger partial charge on any atom is 0.260 e. The summed E-state index contributed by atoms with van der Waals surface area (Å²) >= 11 is 1.89. The molecule has 0 spiro atoms. The maximum atomic E-state index is 6.92. The van der Waals surface area contributed by atoms with Crippen molar-refractivity contribution in [2.24, 2.45) is 0 Å². The minimum atomic E-state index is 0.00762. The summed E-state index contributed by atoms with van der Waals surface area (Å²) in [4.78, 5) is 0. The van der Waals surface area contributed by atoms with E-state index in [1.54, 1.807) is 0 Å². The van der Waals surface area contributed by atoms with E-state index < -0.39 is 0 Å². The summed E-state index contributed by atoms with van der Waals surface area (Å²) in [7, 11) is 0. The van der Waals surface area contributed by atoms with Gasteiger partial charge in [0.25, 0.3) is 6.71 Å². The van der Waals surface area contributed by atoms with Crippen molar-refractivity contribution in [3.8, 4) is 34.4 Å². The number of rotatable bonds is 2. The van der Waals surface area contributed by atoms with Gasteiger partial charge in [-0.15, -0.1) is 11.3 Å². The molecule has 3 aromatic heterocycles. The topological polar surface area (TPSA) is 28.3 Å². The molecular formula is C50H31BN2O2S. The quantitative estimate of drug-likeness (QED) is 0.165. The highest BCUT2D eigenvalue weighted by Crippen LogP contribution is 2.51. The van der Waals surface area contributed by atoms with Gasteiger partial charge in [-0.05, 0) is 67.2 Å². The van der Waals surface area contributed by atoms with Crippen LogP contribution in [0.2, 0.25) is 0 Å². The normalized spacial score (nSPS) is 13.1. The zero-order valence-electron chi connectivity index (χ0n) is 30.6. The van der Waals surface area contributed by atoms with Gasteiger partial charge in [-0.3, -0.25) is 0 Å². The van der Waals surface area contributed by atoms with Gasteiger partial charge >= 0.3 is 0 Å². The fourth-order valence-corrected chi connectivity index (χ4v) is 11.1. The molecule has 0 radical (unpaired) electrons. The Hall–Kier alpha value is -6.76. The number of aromatic nitrogens is 2. The number of nitrogens with zero attached hydrogens (tertiary/aromatic N) is 2. The Labute approximate surface area is 326 Å². The molecule has 0 saturated heterocycles. The molecule has 0 N–H and O–H groups in total. The molecule has 0 fully saturated rings. The van der Waals surface area contributed by atoms with E-state index in [0.717, 1.165) is 45.4 Å². The van der Waals surface area contributed by atoms with E-state index in [2.05, 4.69) is 175 Å². The second-order valence-corrected chi connectivity index (χ2v) is 16.4. The van der Waals surface area contributed by atoms with E-state index in [1.165, 1.54) is 80.3 Å². The lowest BCUT2D eigenvalue weighted by Gasteiger charge is -2.33. The SMILES string of the molecule is Cc1ccc2c(c1)B1c3cc(C)ccc3Oc3cc(-n4c5ccccc5c5c6sc7ccccc7c6c6c(c7ccccc7n6-c6ccccc6)c54)cc(c31)O2. The molecule has 262 valence electrons. The Morgan fingerprint density at radius 3 is 1.62 bits per heavy atom. The number of fused-ring (bicyclic) bond motifs is 16. The molecular weight excluding hydrogens is 703 g/mol. The maximum absolute atomic E-state index is 6.92. The van der Waals surface area contributed by atoms with E-state index in [0.29, 0.717) is 0 Å². The van der Waals surface area contributed by atoms with E-state index in [4.69, 9.17) is 9.47 Å². The zero-order chi connectivity index (χ0) is 36.8. The zero-order valence-corrected chi connectivity index (χ0v) is 31.4. The van der Waals surface area contributed by atoms with Gasteiger partial charge in [-0.2, -0.15) is 0 Å². The largest absolute Gasteiger partial charge is 0.458 e. The van der Waals surface area contributed by atoms with Crippen LogP contribution in [0.5, 0.6) is 23.0 Å². The lowest BCUT2D eigenvalue weighted by Crippen LogP contribution is -2.57. The predicted molar refractivity (Wildman–Crippen MR) is 235 cm³/mol. The van der Waals surface area contributed by atoms with Crippen molar-refractivity contribution in [2.45, 2.75) is 13.8 Å². The Morgan fingerprint density at radius 1 is 0.464 bits per heavy atom. The monoisotopic (exact) mass is 734 g/mol. The Balaban J connectivity index is 1.22. The van der Waals surface area contributed by atoms with Crippen molar-refractivity contribution < 1.29 is 9.47 Å². The van der Waals surface area contributed by atoms with Crippen LogP contribution < -0.4 is 25.9 Å². The van der Waals surface area contributed by atoms with Gasteiger partial charge in [0.1, 0.15) is 23.0 Å². The average molecular weight is 735 g/mol. The third-order valence-electron chi connectivity index (χ3n) is 12.1. The first kappa shape index (κ1) is 30.6. The van der Waals surface area contributed by atoms with Crippen LogP contribution in [-0.4, -0.2) is 15.8 Å². The molecule has 4 nitrogen and oxygen atoms in total. The Morgan fingerprint density at radius 2 is 0.982 bits per heavy atom. The molecule has 0 bridgehead atoms. The second-order valence-electron chi connectivity index (χ2n) is 15.4. The average Bonchev–Trinajstić information content (AvgIpc) is 3.89. The molecule has 13 rings (SSSR count). The smallest absolute Gasteiger partial charge is 0.260 e. The van der Waals surface area contributed by atoms with Crippen LogP contribution in [0, 0.1) is 13.8 Å². The van der Waals surface area contributed by atoms with Gasteiger partial charge in [-0.25, -0.2) is 0 Å². The highest BCUT2D eigenvalue weighted by Gasteiger charge is 2.41. The van der Waals surface area contributed by atoms with E-state index in [1.807, 2.05) is 11.3 Å². The Bertz CT molecular complexity index is 3440. The molecule has 0 aliphatic carbocycles. The fraction of sp³-hybridized carbons (Fsp3) is 0.0400. The van der Waals surface area contributed by atoms with E-state index >= 15 is 0 Å². The second kappa shape index (κ2) is 10.9. The van der Waals surface area contributed by atoms with Crippen molar-refractivity contribution in [1.82, 2.24) is 9.13 Å². The van der Waals surface area contributed by atoms with Crippen molar-refractivity contribution >= 4 is 98.2 Å². The standard InChI is InChI=1S/C50H31BN2O2S/c1-28-20-22-39-35(24-28)51-36-25-29(2)21-23-40(36)55-42-27-31(26-41(54-39)47(42)51)53-38-18-10-7-15-33(38)45-48(53)44-32-14-6-9-17-37(32)52(30-12-4-3-5-13-30)49(44)46-34-16-8-11-19-43(34)56-50(45)46/h3-27H,1-2H3. The van der Waals surface area contributed by atoms with Crippen LogP contribution >= 0.6 is 11.3 Å². The highest BCUT2D eigenvalue weighted by molar-refractivity contribution is 7.27. The van der Waals surface area contributed by atoms with Gasteiger partial charge < -0.3 is 18.6 Å². The fourth-order valence-electron chi connectivity index (χ4n) is 9.85. The van der Waals surface area contributed by atoms with Crippen molar-refractivity contribution in [3.63, 3.8) is 0 Å². The number of ether oxygens (including phenoxy) is 2. The first-order chi connectivity index (χ1) is 27.6. The van der Waals surface area contributed by atoms with Crippen molar-refractivity contribution in [2.75, 3.05) is 0 Å². The summed E-state index contributed by atoms with van der Waals surface area (Å²) in [5, 5.41) is 7.53. The summed E-state index contributed by atoms with van der Waals surface area (Å²) in [6.45, 7) is 4.32. The Kier molecular flexibility index (Phi) is 5.97. The lowest BCUT2D eigenvalue weighted by atomic mass is 9.34. The van der Waals surface area contributed by atoms with Crippen molar-refractivity contribution in [1.29, 1.82) is 0 Å². The molecule has 0 unspecified atom stereocenters. The minimum absolute atomic E-state index is 0.00762. The van der Waals surface area contributed by atoms with Gasteiger partial charge in [-0.1, -0.05) is 108 Å². The van der Waals surface area contributed by atoms with Crippen LogP contribution in [0.15, 0.2) is 152 Å². The van der Waals surface area contributed by atoms with E-state index in [9.17, 15) is 0 Å². The highest BCUT2D eigenvalue weighted by atomic mass is 32.1. The molecule has 0 saturated carbocycles. The van der Waals surface area contributed by atoms with E-state index in [-0.39, 0.29) is 6.71 Å². The summed E-state index contributed by atoms with van der Waals surface area (Å²) in [5.74, 6) is 3.46. The minimum Gasteiger partial charge on any atom is -0.458 e. The molecule has 2 aliphatic rings. The van der Waals surface area contributed by atoms with Gasteiger partial charge in [0, 0.05) is 65.0 Å². The van der Waals surface area contributed by atoms with Crippen LogP contribution in [0.1, 0.15) is 11.1 Å². The summed E-state index contributed by atoms with van der Waals surface area (Å²) in [6.07, 6.45) is 0. The number of benzene rings is 8. The third-order valence-corrected chi connectivity index (χ3v) is 13.3. The molecule has 6 heteroatoms. The first-order valence-corrected chi connectivity index (χ1v) is 20.0. The molecule has 11 aromatic rings. The number of para-hydroxylation sites is 3. The molecule has 56 heavy (non-hydrogen) atoms. The van der Waals surface area contributed by atoms with Crippen LogP contribution in [-0.2, 0) is 0 Å². The summed E-state index contributed by atoms with van der Waals surface area (Å²) in [5.41, 5.74) is 12.8. The lowest BCUT2D eigenvalue weighted by molar-refractivity contribution is 0.464. The number of hydrogen-bond acceptors (Lipinski definition) is 3. The number of hydrogen-bond donors (Lipinski definition) is 0. The van der Waals surface area contributed by atoms with Crippen LogP contribution in [0.25, 0.3) is 75.2 Å². The molecule has 5 heterocycles. The number of thiophene rings is 1. The first-order valence-electron chi connectivity index (χ1n) is 19.2. The third kappa shape index (κ3) is 3.93. The summed E-state index contributed by atoms with van der Waals surface area (Å²) in [6, 6.07) is 55.1. The summed E-state index contributed by atoms with van der Waals surface area (Å²) < 4.78 is 21.4. The van der Waals surface area contributed by atoms with Gasteiger partial charge in [0.05, 0.1) is 27.8 Å². The van der Waals surface area contributed by atoms with Gasteiger partial charge in [0.15, 0.2) is 0 Å². The predicted octanol–water partition coefficient (Wildman–Crippen LogP) is 11.6. The molecule has 2 aliphatic heterocycles. The molecule has 8 aromatic carbocycles. The molecule has 0 atom stereocenters. The number of aryl methyl sites for hydroxylation is 2. The van der Waals surface area contributed by atoms with Gasteiger partial charge in [0.2, 0.25) is 0 Å². The van der Waals surface area contributed by atoms with Crippen molar-refractivity contribution in [3.05, 3.63) is 163 Å². The van der Waals surface area contributed by atoms with Crippen LogP contribution in [0.4, 0.5) is 0 Å². The van der Waals surface area contributed by atoms with Crippen LogP contribution in [0.3, 0.4) is 0 Å². The molecule has 0 amide bonds.